The number of carbonyl (C=O) groups is 1. The van der Waals surface area contributed by atoms with Gasteiger partial charge in [0.25, 0.3) is 0 Å². The minimum Gasteiger partial charge on any atom is -0.487 e. The third kappa shape index (κ3) is 3.53. The first-order valence-electron chi connectivity index (χ1n) is 9.63. The molecule has 0 bridgehead atoms. The van der Waals surface area contributed by atoms with Crippen LogP contribution in [0.15, 0.2) is 24.3 Å². The molecule has 1 spiro atoms. The maximum absolute atomic E-state index is 12.8. The molecular formula is C20H29N3O2. The van der Waals surface area contributed by atoms with Crippen LogP contribution in [0, 0.1) is 5.92 Å². The number of benzene rings is 1. The second-order valence-electron chi connectivity index (χ2n) is 7.92. The van der Waals surface area contributed by atoms with Crippen LogP contribution in [0.4, 0.5) is 0 Å². The average Bonchev–Trinajstić information content (AvgIpc) is 2.65. The molecule has 1 unspecified atom stereocenters. The number of nitrogens with zero attached hydrogens (tertiary/aromatic N) is 1. The Morgan fingerprint density at radius 2 is 1.96 bits per heavy atom. The zero-order valence-corrected chi connectivity index (χ0v) is 15.1. The molecule has 25 heavy (non-hydrogen) atoms. The molecule has 1 amide bonds. The number of hydrogen-bond acceptors (Lipinski definition) is 4. The Morgan fingerprint density at radius 1 is 1.24 bits per heavy atom. The molecule has 0 aromatic heterocycles. The fraction of sp³-hybridized carbons (Fsp3) is 0.650. The van der Waals surface area contributed by atoms with Crippen molar-refractivity contribution in [1.29, 1.82) is 0 Å². The van der Waals surface area contributed by atoms with Gasteiger partial charge in [0.05, 0.1) is 6.04 Å². The van der Waals surface area contributed by atoms with Gasteiger partial charge in [-0.1, -0.05) is 18.2 Å². The van der Waals surface area contributed by atoms with E-state index in [9.17, 15) is 4.79 Å². The monoisotopic (exact) mass is 343 g/mol. The number of carbonyl (C=O) groups excluding carboxylic acids is 1. The lowest BCUT2D eigenvalue weighted by molar-refractivity contribution is -0.127. The van der Waals surface area contributed by atoms with Gasteiger partial charge < -0.3 is 20.3 Å². The van der Waals surface area contributed by atoms with Crippen LogP contribution in [0.25, 0.3) is 0 Å². The van der Waals surface area contributed by atoms with Crippen LogP contribution < -0.4 is 15.4 Å². The fourth-order valence-electron chi connectivity index (χ4n) is 4.45. The summed E-state index contributed by atoms with van der Waals surface area (Å²) in [5, 5.41) is 6.70. The number of rotatable bonds is 2. The summed E-state index contributed by atoms with van der Waals surface area (Å²) in [6, 6.07) is 8.29. The van der Waals surface area contributed by atoms with Crippen molar-refractivity contribution in [1.82, 2.24) is 15.5 Å². The van der Waals surface area contributed by atoms with Crippen molar-refractivity contribution in [2.75, 3.05) is 33.2 Å². The highest BCUT2D eigenvalue weighted by Crippen LogP contribution is 2.44. The summed E-state index contributed by atoms with van der Waals surface area (Å²) >= 11 is 0. The van der Waals surface area contributed by atoms with E-state index in [4.69, 9.17) is 4.74 Å². The van der Waals surface area contributed by atoms with E-state index in [1.165, 1.54) is 0 Å². The molecule has 5 nitrogen and oxygen atoms in total. The van der Waals surface area contributed by atoms with E-state index in [-0.39, 0.29) is 23.5 Å². The number of para-hydroxylation sites is 1. The molecule has 4 rings (SSSR count). The van der Waals surface area contributed by atoms with Gasteiger partial charge in [-0.2, -0.15) is 0 Å². The van der Waals surface area contributed by atoms with Crippen molar-refractivity contribution < 1.29 is 9.53 Å². The summed E-state index contributed by atoms with van der Waals surface area (Å²) in [4.78, 5) is 15.2. The van der Waals surface area contributed by atoms with Gasteiger partial charge in [0.1, 0.15) is 11.4 Å². The molecule has 3 aliphatic rings. The Kier molecular flexibility index (Phi) is 4.69. The molecule has 0 saturated carbocycles. The zero-order chi connectivity index (χ0) is 17.3. The van der Waals surface area contributed by atoms with Crippen molar-refractivity contribution in [3.8, 4) is 5.75 Å². The van der Waals surface area contributed by atoms with Gasteiger partial charge in [0, 0.05) is 31.0 Å². The number of amides is 1. The van der Waals surface area contributed by atoms with Crippen molar-refractivity contribution in [3.63, 3.8) is 0 Å². The van der Waals surface area contributed by atoms with Crippen LogP contribution in [0.5, 0.6) is 5.75 Å². The highest BCUT2D eigenvalue weighted by Gasteiger charge is 2.43. The summed E-state index contributed by atoms with van der Waals surface area (Å²) in [5.41, 5.74) is 1.00. The molecule has 136 valence electrons. The topological polar surface area (TPSA) is 53.6 Å². The third-order valence-electron chi connectivity index (χ3n) is 6.12. The van der Waals surface area contributed by atoms with E-state index in [1.807, 2.05) is 12.1 Å². The maximum Gasteiger partial charge on any atom is 0.223 e. The Balaban J connectivity index is 1.54. The largest absolute Gasteiger partial charge is 0.487 e. The molecule has 1 aromatic rings. The van der Waals surface area contributed by atoms with E-state index in [1.54, 1.807) is 0 Å². The SMILES string of the molecule is CN1CCC2(CC1)CC(NC(=O)C1CCNCC1)c1ccccc1O2. The van der Waals surface area contributed by atoms with Crippen molar-refractivity contribution in [3.05, 3.63) is 29.8 Å². The number of hydrogen-bond donors (Lipinski definition) is 2. The Bertz CT molecular complexity index is 619. The highest BCUT2D eigenvalue weighted by atomic mass is 16.5. The second kappa shape index (κ2) is 6.96. The van der Waals surface area contributed by atoms with Crippen LogP contribution in [0.3, 0.4) is 0 Å². The third-order valence-corrected chi connectivity index (χ3v) is 6.12. The molecule has 1 aromatic carbocycles. The number of fused-ring (bicyclic) bond motifs is 1. The summed E-state index contributed by atoms with van der Waals surface area (Å²) in [7, 11) is 2.17. The van der Waals surface area contributed by atoms with Gasteiger partial charge in [-0.25, -0.2) is 0 Å². The van der Waals surface area contributed by atoms with Gasteiger partial charge in [0.15, 0.2) is 0 Å². The molecule has 2 fully saturated rings. The van der Waals surface area contributed by atoms with Crippen LogP contribution in [-0.4, -0.2) is 49.6 Å². The van der Waals surface area contributed by atoms with Crippen LogP contribution in [-0.2, 0) is 4.79 Å². The number of nitrogens with one attached hydrogen (secondary N) is 2. The van der Waals surface area contributed by atoms with Gasteiger partial charge >= 0.3 is 0 Å². The molecule has 5 heteroatoms. The normalized spacial score (nSPS) is 26.7. The molecule has 2 N–H and O–H groups in total. The van der Waals surface area contributed by atoms with Gasteiger partial charge in [-0.3, -0.25) is 4.79 Å². The first-order valence-corrected chi connectivity index (χ1v) is 9.63. The summed E-state index contributed by atoms with van der Waals surface area (Å²) < 4.78 is 6.48. The smallest absolute Gasteiger partial charge is 0.223 e. The predicted molar refractivity (Wildman–Crippen MR) is 97.6 cm³/mol. The number of piperidine rings is 2. The van der Waals surface area contributed by atoms with E-state index < -0.39 is 0 Å². The molecule has 3 heterocycles. The lowest BCUT2D eigenvalue weighted by atomic mass is 9.80. The van der Waals surface area contributed by atoms with E-state index in [2.05, 4.69) is 34.7 Å². The van der Waals surface area contributed by atoms with Gasteiger partial charge in [-0.05, 0) is 51.9 Å². The van der Waals surface area contributed by atoms with E-state index >= 15 is 0 Å². The quantitative estimate of drug-likeness (QED) is 0.863. The highest BCUT2D eigenvalue weighted by molar-refractivity contribution is 5.79. The second-order valence-corrected chi connectivity index (χ2v) is 7.92. The maximum atomic E-state index is 12.8. The zero-order valence-electron chi connectivity index (χ0n) is 15.1. The summed E-state index contributed by atoms with van der Waals surface area (Å²) in [6.45, 7) is 3.99. The Hall–Kier alpha value is -1.59. The van der Waals surface area contributed by atoms with Crippen LogP contribution >= 0.6 is 0 Å². The lowest BCUT2D eigenvalue weighted by Gasteiger charge is -2.46. The molecule has 2 saturated heterocycles. The average molecular weight is 343 g/mol. The number of likely N-dealkylation sites (tertiary alicyclic amines) is 1. The lowest BCUT2D eigenvalue weighted by Crippen LogP contribution is -2.52. The minimum absolute atomic E-state index is 0.0655. The van der Waals surface area contributed by atoms with Crippen molar-refractivity contribution >= 4 is 5.91 Å². The van der Waals surface area contributed by atoms with Crippen molar-refractivity contribution in [2.45, 2.75) is 43.7 Å². The van der Waals surface area contributed by atoms with Crippen LogP contribution in [0.2, 0.25) is 0 Å². The Morgan fingerprint density at radius 3 is 2.72 bits per heavy atom. The Labute approximate surface area is 150 Å². The summed E-state index contributed by atoms with van der Waals surface area (Å²) in [5.74, 6) is 1.31. The van der Waals surface area contributed by atoms with Gasteiger partial charge in [0.2, 0.25) is 5.91 Å². The minimum atomic E-state index is -0.132. The number of ether oxygens (including phenoxy) is 1. The molecule has 3 aliphatic heterocycles. The van der Waals surface area contributed by atoms with E-state index in [0.717, 1.165) is 69.6 Å². The summed E-state index contributed by atoms with van der Waals surface area (Å²) in [6.07, 6.45) is 4.81. The molecule has 1 atom stereocenters. The molecular weight excluding hydrogens is 314 g/mol. The standard InChI is InChI=1S/C20H29N3O2/c1-23-12-8-20(9-13-23)14-17(16-4-2-3-5-18(16)25-20)22-19(24)15-6-10-21-11-7-15/h2-5,15,17,21H,6-14H2,1H3,(H,22,24). The predicted octanol–water partition coefficient (Wildman–Crippen LogP) is 2.09. The van der Waals surface area contributed by atoms with Crippen molar-refractivity contribution in [2.24, 2.45) is 5.92 Å². The first kappa shape index (κ1) is 16.9. The first-order chi connectivity index (χ1) is 12.2. The fourth-order valence-corrected chi connectivity index (χ4v) is 4.45. The van der Waals surface area contributed by atoms with Crippen LogP contribution in [0.1, 0.15) is 43.7 Å². The molecule has 0 aliphatic carbocycles. The molecule has 0 radical (unpaired) electrons. The van der Waals surface area contributed by atoms with E-state index in [0.29, 0.717) is 0 Å². The van der Waals surface area contributed by atoms with Gasteiger partial charge in [-0.15, -0.1) is 0 Å².